The molecule has 5 nitrogen and oxygen atoms in total. The summed E-state index contributed by atoms with van der Waals surface area (Å²) in [5.41, 5.74) is 2.42. The van der Waals surface area contributed by atoms with E-state index in [1.165, 1.54) is 4.90 Å². The van der Waals surface area contributed by atoms with Crippen molar-refractivity contribution in [1.82, 2.24) is 4.90 Å². The van der Waals surface area contributed by atoms with Crippen molar-refractivity contribution in [2.45, 2.75) is 31.8 Å². The zero-order valence-corrected chi connectivity index (χ0v) is 18.8. The van der Waals surface area contributed by atoms with E-state index in [-0.39, 0.29) is 23.6 Å². The molecular weight excluding hydrogens is 456 g/mol. The molecule has 3 aliphatic heterocycles. The summed E-state index contributed by atoms with van der Waals surface area (Å²) in [6.07, 6.45) is 5.66. The van der Waals surface area contributed by atoms with Gasteiger partial charge in [-0.2, -0.15) is 0 Å². The van der Waals surface area contributed by atoms with E-state index in [9.17, 15) is 14.4 Å². The van der Waals surface area contributed by atoms with E-state index in [4.69, 9.17) is 0 Å². The second kappa shape index (κ2) is 7.75. The monoisotopic (exact) mass is 478 g/mol. The van der Waals surface area contributed by atoms with E-state index in [2.05, 4.69) is 15.9 Å². The maximum absolute atomic E-state index is 13.7. The van der Waals surface area contributed by atoms with Gasteiger partial charge in [-0.15, -0.1) is 0 Å². The first-order valence-corrected chi connectivity index (χ1v) is 11.5. The Morgan fingerprint density at radius 2 is 1.77 bits per heavy atom. The third kappa shape index (κ3) is 3.07. The molecule has 0 bridgehead atoms. The number of hydrogen-bond acceptors (Lipinski definition) is 4. The number of ketones is 1. The number of amides is 2. The Labute approximate surface area is 189 Å². The van der Waals surface area contributed by atoms with Crippen molar-refractivity contribution in [2.24, 2.45) is 11.8 Å². The largest absolute Gasteiger partial charge is 0.352 e. The van der Waals surface area contributed by atoms with Gasteiger partial charge in [0.1, 0.15) is 6.04 Å². The average molecular weight is 479 g/mol. The lowest BCUT2D eigenvalue weighted by Gasteiger charge is -2.36. The maximum atomic E-state index is 13.7. The molecule has 2 amide bonds. The van der Waals surface area contributed by atoms with Crippen molar-refractivity contribution >= 4 is 45.3 Å². The molecular formula is C25H23BrN2O3. The highest BCUT2D eigenvalue weighted by Gasteiger charge is 2.63. The standard InChI is InChI=1S/C25H23BrN2O3/c1-2-3-13-27-24(30)20-19-11-9-16-14-17(26)10-12-18(16)28(19)22(21(20)25(27)31)23(29)15-7-5-4-6-8-15/h4-12,14,19-22H,2-3,13H2,1H3/t19-,20+,21+,22-/m0/s1. The van der Waals surface area contributed by atoms with Gasteiger partial charge >= 0.3 is 0 Å². The van der Waals surface area contributed by atoms with E-state index in [0.29, 0.717) is 12.1 Å². The van der Waals surface area contributed by atoms with Gasteiger partial charge in [0.05, 0.1) is 17.9 Å². The van der Waals surface area contributed by atoms with Gasteiger partial charge in [0.25, 0.3) is 0 Å². The van der Waals surface area contributed by atoms with E-state index in [0.717, 1.165) is 28.6 Å². The highest BCUT2D eigenvalue weighted by Crippen LogP contribution is 2.49. The van der Waals surface area contributed by atoms with E-state index in [1.807, 2.05) is 60.4 Å². The lowest BCUT2D eigenvalue weighted by Crippen LogP contribution is -2.48. The molecule has 0 N–H and O–H groups in total. The molecule has 0 aliphatic carbocycles. The number of carbonyl (C=O) groups is 3. The number of likely N-dealkylation sites (tertiary alicyclic amines) is 1. The van der Waals surface area contributed by atoms with Gasteiger partial charge in [-0.05, 0) is 30.2 Å². The number of nitrogens with zero attached hydrogens (tertiary/aromatic N) is 2. The fourth-order valence-electron chi connectivity index (χ4n) is 5.22. The number of fused-ring (bicyclic) bond motifs is 5. The smallest absolute Gasteiger partial charge is 0.235 e. The number of hydrogen-bond donors (Lipinski definition) is 0. The Kier molecular flexibility index (Phi) is 5.05. The van der Waals surface area contributed by atoms with Gasteiger partial charge in [0.2, 0.25) is 11.8 Å². The highest BCUT2D eigenvalue weighted by atomic mass is 79.9. The molecule has 0 spiro atoms. The van der Waals surface area contributed by atoms with Crippen molar-refractivity contribution in [3.8, 4) is 0 Å². The topological polar surface area (TPSA) is 57.7 Å². The van der Waals surface area contributed by atoms with Gasteiger partial charge in [-0.25, -0.2) is 0 Å². The minimum Gasteiger partial charge on any atom is -0.352 e. The number of anilines is 1. The number of halogens is 1. The number of benzene rings is 2. The second-order valence-corrected chi connectivity index (χ2v) is 9.28. The van der Waals surface area contributed by atoms with Crippen molar-refractivity contribution in [3.05, 3.63) is 70.2 Å². The average Bonchev–Trinajstić information content (AvgIpc) is 3.25. The molecule has 2 aromatic carbocycles. The Morgan fingerprint density at radius 3 is 2.52 bits per heavy atom. The molecule has 0 radical (unpaired) electrons. The summed E-state index contributed by atoms with van der Waals surface area (Å²) in [4.78, 5) is 44.0. The number of imide groups is 1. The first-order valence-electron chi connectivity index (χ1n) is 10.7. The molecule has 2 aromatic rings. The fourth-order valence-corrected chi connectivity index (χ4v) is 5.59. The van der Waals surface area contributed by atoms with E-state index < -0.39 is 17.9 Å². The first-order chi connectivity index (χ1) is 15.0. The Bertz CT molecular complexity index is 1100. The van der Waals surface area contributed by atoms with Crippen LogP contribution in [0.3, 0.4) is 0 Å². The molecule has 3 heterocycles. The van der Waals surface area contributed by atoms with Crippen LogP contribution in [-0.2, 0) is 9.59 Å². The predicted octanol–water partition coefficient (Wildman–Crippen LogP) is 4.32. The molecule has 31 heavy (non-hydrogen) atoms. The minimum atomic E-state index is -0.703. The number of Topliss-reactive ketones (excluding diaryl/α,β-unsaturated/α-hetero) is 1. The lowest BCUT2D eigenvalue weighted by molar-refractivity contribution is -0.140. The first kappa shape index (κ1) is 20.2. The van der Waals surface area contributed by atoms with Crippen molar-refractivity contribution in [3.63, 3.8) is 0 Å². The van der Waals surface area contributed by atoms with E-state index in [1.54, 1.807) is 12.1 Å². The summed E-state index contributed by atoms with van der Waals surface area (Å²) in [5.74, 6) is -1.66. The lowest BCUT2D eigenvalue weighted by atomic mass is 9.86. The molecule has 4 atom stereocenters. The van der Waals surface area contributed by atoms with Crippen LogP contribution in [0.15, 0.2) is 59.1 Å². The number of unbranched alkanes of at least 4 members (excludes halogenated alkanes) is 1. The quantitative estimate of drug-likeness (QED) is 0.474. The van der Waals surface area contributed by atoms with Gasteiger partial charge < -0.3 is 4.90 Å². The number of carbonyl (C=O) groups excluding carboxylic acids is 3. The molecule has 6 heteroatoms. The van der Waals surface area contributed by atoms with Gasteiger partial charge in [-0.3, -0.25) is 19.3 Å². The minimum absolute atomic E-state index is 0.110. The van der Waals surface area contributed by atoms with Crippen LogP contribution < -0.4 is 4.90 Å². The molecule has 0 aromatic heterocycles. The van der Waals surface area contributed by atoms with Crippen LogP contribution in [0.4, 0.5) is 5.69 Å². The number of rotatable bonds is 5. The molecule has 5 rings (SSSR count). The van der Waals surface area contributed by atoms with Gasteiger partial charge in [-0.1, -0.05) is 71.8 Å². The summed E-state index contributed by atoms with van der Waals surface area (Å²) in [7, 11) is 0. The van der Waals surface area contributed by atoms with Crippen LogP contribution in [0, 0.1) is 11.8 Å². The molecule has 2 saturated heterocycles. The molecule has 3 aliphatic rings. The maximum Gasteiger partial charge on any atom is 0.235 e. The SMILES string of the molecule is CCCCN1C(=O)[C@@H]2[C@H](C1=O)[C@@H]1C=Cc3cc(Br)ccc3N1[C@@H]2C(=O)c1ccccc1. The van der Waals surface area contributed by atoms with E-state index >= 15 is 0 Å². The Balaban J connectivity index is 1.63. The van der Waals surface area contributed by atoms with Crippen LogP contribution in [0.5, 0.6) is 0 Å². The molecule has 0 unspecified atom stereocenters. The van der Waals surface area contributed by atoms with Crippen molar-refractivity contribution < 1.29 is 14.4 Å². The molecule has 0 saturated carbocycles. The summed E-state index contributed by atoms with van der Waals surface area (Å²) in [6.45, 7) is 2.46. The zero-order valence-electron chi connectivity index (χ0n) is 17.2. The van der Waals surface area contributed by atoms with Gasteiger partial charge in [0, 0.05) is 22.3 Å². The fraction of sp³-hybridized carbons (Fsp3) is 0.320. The van der Waals surface area contributed by atoms with Crippen molar-refractivity contribution in [2.75, 3.05) is 11.4 Å². The summed E-state index contributed by atoms with van der Waals surface area (Å²) >= 11 is 3.51. The van der Waals surface area contributed by atoms with Crippen LogP contribution in [-0.4, -0.2) is 41.1 Å². The third-order valence-corrected chi connectivity index (χ3v) is 7.11. The molecule has 158 valence electrons. The zero-order chi connectivity index (χ0) is 21.7. The Hall–Kier alpha value is -2.73. The predicted molar refractivity (Wildman–Crippen MR) is 123 cm³/mol. The van der Waals surface area contributed by atoms with Crippen molar-refractivity contribution in [1.29, 1.82) is 0 Å². The Morgan fingerprint density at radius 1 is 1.03 bits per heavy atom. The second-order valence-electron chi connectivity index (χ2n) is 8.37. The summed E-state index contributed by atoms with van der Waals surface area (Å²) in [5, 5.41) is 0. The van der Waals surface area contributed by atoms with Crippen LogP contribution >= 0.6 is 15.9 Å². The summed E-state index contributed by atoms with van der Waals surface area (Å²) in [6, 6.07) is 14.0. The van der Waals surface area contributed by atoms with Crippen LogP contribution in [0.2, 0.25) is 0 Å². The molecule has 2 fully saturated rings. The highest BCUT2D eigenvalue weighted by molar-refractivity contribution is 9.10. The third-order valence-electron chi connectivity index (χ3n) is 6.62. The van der Waals surface area contributed by atoms with Gasteiger partial charge in [0.15, 0.2) is 5.78 Å². The van der Waals surface area contributed by atoms with Crippen LogP contribution in [0.25, 0.3) is 6.08 Å². The van der Waals surface area contributed by atoms with Crippen LogP contribution in [0.1, 0.15) is 35.7 Å². The normalized spacial score (nSPS) is 26.1. The summed E-state index contributed by atoms with van der Waals surface area (Å²) < 4.78 is 0.942.